The SMILES string of the molecule is C#CCOC(=O)c1c(N)sc(C(=O)OC)c1C. The molecule has 0 spiro atoms. The maximum atomic E-state index is 11.6. The zero-order valence-corrected chi connectivity index (χ0v) is 10.2. The Morgan fingerprint density at radius 1 is 1.47 bits per heavy atom. The molecule has 0 radical (unpaired) electrons. The van der Waals surface area contributed by atoms with Crippen molar-refractivity contribution in [2.24, 2.45) is 0 Å². The van der Waals surface area contributed by atoms with Crippen molar-refractivity contribution in [3.8, 4) is 12.3 Å². The number of nitrogens with two attached hydrogens (primary N) is 1. The van der Waals surface area contributed by atoms with Gasteiger partial charge in [-0.3, -0.25) is 0 Å². The fourth-order valence-corrected chi connectivity index (χ4v) is 2.24. The molecular weight excluding hydrogens is 242 g/mol. The number of methoxy groups -OCH3 is 1. The van der Waals surface area contributed by atoms with Crippen LogP contribution in [-0.2, 0) is 9.47 Å². The summed E-state index contributed by atoms with van der Waals surface area (Å²) < 4.78 is 9.34. The molecule has 1 aromatic rings. The van der Waals surface area contributed by atoms with Gasteiger partial charge in [0.05, 0.1) is 12.7 Å². The molecule has 0 aliphatic heterocycles. The van der Waals surface area contributed by atoms with Crippen molar-refractivity contribution >= 4 is 28.3 Å². The Morgan fingerprint density at radius 2 is 2.12 bits per heavy atom. The number of ether oxygens (including phenoxy) is 2. The number of esters is 2. The summed E-state index contributed by atoms with van der Waals surface area (Å²) in [4.78, 5) is 23.3. The predicted molar refractivity (Wildman–Crippen MR) is 63.9 cm³/mol. The topological polar surface area (TPSA) is 78.6 Å². The number of hydrogen-bond donors (Lipinski definition) is 1. The summed E-state index contributed by atoms with van der Waals surface area (Å²) in [5, 5.41) is 0.213. The van der Waals surface area contributed by atoms with E-state index in [1.807, 2.05) is 0 Å². The van der Waals surface area contributed by atoms with Crippen LogP contribution in [-0.4, -0.2) is 25.7 Å². The fraction of sp³-hybridized carbons (Fsp3) is 0.273. The van der Waals surface area contributed by atoms with Gasteiger partial charge in [0.15, 0.2) is 6.61 Å². The van der Waals surface area contributed by atoms with Gasteiger partial charge in [-0.25, -0.2) is 9.59 Å². The van der Waals surface area contributed by atoms with Crippen LogP contribution in [0.15, 0.2) is 0 Å². The van der Waals surface area contributed by atoms with Gasteiger partial charge in [-0.2, -0.15) is 0 Å². The van der Waals surface area contributed by atoms with Gasteiger partial charge < -0.3 is 15.2 Å². The molecule has 0 saturated carbocycles. The van der Waals surface area contributed by atoms with Gasteiger partial charge in [-0.05, 0) is 12.5 Å². The second-order valence-corrected chi connectivity index (χ2v) is 4.12. The summed E-state index contributed by atoms with van der Waals surface area (Å²) in [5.74, 6) is 1.01. The first-order valence-electron chi connectivity index (χ1n) is 4.60. The maximum Gasteiger partial charge on any atom is 0.348 e. The van der Waals surface area contributed by atoms with Gasteiger partial charge in [-0.15, -0.1) is 17.8 Å². The third kappa shape index (κ3) is 2.57. The molecule has 0 fully saturated rings. The summed E-state index contributed by atoms with van der Waals surface area (Å²) in [5.41, 5.74) is 6.28. The van der Waals surface area contributed by atoms with Crippen LogP contribution in [0, 0.1) is 19.3 Å². The van der Waals surface area contributed by atoms with Gasteiger partial charge >= 0.3 is 11.9 Å². The number of terminal acetylenes is 1. The van der Waals surface area contributed by atoms with Crippen LogP contribution >= 0.6 is 11.3 Å². The lowest BCUT2D eigenvalue weighted by atomic mass is 10.1. The average molecular weight is 253 g/mol. The van der Waals surface area contributed by atoms with E-state index in [0.29, 0.717) is 5.56 Å². The Hall–Kier alpha value is -2.00. The molecular formula is C11H11NO4S. The monoisotopic (exact) mass is 253 g/mol. The highest BCUT2D eigenvalue weighted by Crippen LogP contribution is 2.31. The van der Waals surface area contributed by atoms with E-state index in [2.05, 4.69) is 10.7 Å². The molecule has 1 aromatic heterocycles. The molecule has 0 aliphatic rings. The van der Waals surface area contributed by atoms with E-state index in [-0.39, 0.29) is 22.0 Å². The largest absolute Gasteiger partial charge is 0.465 e. The van der Waals surface area contributed by atoms with E-state index in [9.17, 15) is 9.59 Å². The minimum Gasteiger partial charge on any atom is -0.465 e. The third-order valence-electron chi connectivity index (χ3n) is 2.04. The van der Waals surface area contributed by atoms with E-state index >= 15 is 0 Å². The summed E-state index contributed by atoms with van der Waals surface area (Å²) in [6, 6.07) is 0. The Bertz CT molecular complexity index is 498. The van der Waals surface area contributed by atoms with Crippen LogP contribution in [0.4, 0.5) is 5.00 Å². The van der Waals surface area contributed by atoms with E-state index in [4.69, 9.17) is 16.9 Å². The Labute approximate surface area is 103 Å². The maximum absolute atomic E-state index is 11.6. The predicted octanol–water partition coefficient (Wildman–Crippen LogP) is 1.22. The highest BCUT2D eigenvalue weighted by Gasteiger charge is 2.24. The van der Waals surface area contributed by atoms with Gasteiger partial charge in [-0.1, -0.05) is 5.92 Å². The van der Waals surface area contributed by atoms with E-state index in [1.165, 1.54) is 7.11 Å². The number of anilines is 1. The third-order valence-corrected chi connectivity index (χ3v) is 3.14. The average Bonchev–Trinajstić information content (AvgIpc) is 2.61. The molecule has 2 N–H and O–H groups in total. The summed E-state index contributed by atoms with van der Waals surface area (Å²) in [6.07, 6.45) is 4.98. The van der Waals surface area contributed by atoms with Crippen molar-refractivity contribution in [1.82, 2.24) is 0 Å². The van der Waals surface area contributed by atoms with Crippen LogP contribution in [0.5, 0.6) is 0 Å². The molecule has 0 saturated heterocycles. The highest BCUT2D eigenvalue weighted by molar-refractivity contribution is 7.18. The Kier molecular flexibility index (Phi) is 4.12. The first-order valence-corrected chi connectivity index (χ1v) is 5.42. The quantitative estimate of drug-likeness (QED) is 0.647. The van der Waals surface area contributed by atoms with Crippen molar-refractivity contribution in [1.29, 1.82) is 0 Å². The van der Waals surface area contributed by atoms with Crippen molar-refractivity contribution in [2.45, 2.75) is 6.92 Å². The van der Waals surface area contributed by atoms with Gasteiger partial charge in [0.1, 0.15) is 9.88 Å². The Balaban J connectivity index is 3.10. The van der Waals surface area contributed by atoms with Crippen molar-refractivity contribution in [2.75, 3.05) is 19.5 Å². The lowest BCUT2D eigenvalue weighted by molar-refractivity contribution is 0.0557. The summed E-state index contributed by atoms with van der Waals surface area (Å²) in [6.45, 7) is 1.46. The number of thiophene rings is 1. The minimum atomic E-state index is -0.635. The molecule has 1 rings (SSSR count). The summed E-state index contributed by atoms with van der Waals surface area (Å²) >= 11 is 0.986. The molecule has 0 unspecified atom stereocenters. The van der Waals surface area contributed by atoms with Gasteiger partial charge in [0.25, 0.3) is 0 Å². The van der Waals surface area contributed by atoms with Crippen LogP contribution in [0.25, 0.3) is 0 Å². The minimum absolute atomic E-state index is 0.138. The van der Waals surface area contributed by atoms with Crippen molar-refractivity contribution in [3.63, 3.8) is 0 Å². The number of rotatable bonds is 3. The number of carbonyl (C=O) groups is 2. The van der Waals surface area contributed by atoms with Crippen LogP contribution < -0.4 is 5.73 Å². The van der Waals surface area contributed by atoms with Crippen molar-refractivity contribution in [3.05, 3.63) is 16.0 Å². The number of hydrogen-bond acceptors (Lipinski definition) is 6. The molecule has 0 aliphatic carbocycles. The standard InChI is InChI=1S/C11H11NO4S/c1-4-5-16-10(13)7-6(2)8(11(14)15-3)17-9(7)12/h1H,5,12H2,2-3H3. The second-order valence-electron chi connectivity index (χ2n) is 3.07. The highest BCUT2D eigenvalue weighted by atomic mass is 32.1. The van der Waals surface area contributed by atoms with Gasteiger partial charge in [0.2, 0.25) is 0 Å². The van der Waals surface area contributed by atoms with Crippen LogP contribution in [0.1, 0.15) is 25.6 Å². The first-order chi connectivity index (χ1) is 8.02. The van der Waals surface area contributed by atoms with Crippen molar-refractivity contribution < 1.29 is 19.1 Å². The zero-order valence-electron chi connectivity index (χ0n) is 9.40. The molecule has 5 nitrogen and oxygen atoms in total. The van der Waals surface area contributed by atoms with Gasteiger partial charge in [0, 0.05) is 0 Å². The molecule has 17 heavy (non-hydrogen) atoms. The lowest BCUT2D eigenvalue weighted by Crippen LogP contribution is -2.09. The normalized spacial score (nSPS) is 9.47. The fourth-order valence-electron chi connectivity index (χ4n) is 1.26. The molecule has 0 amide bonds. The van der Waals surface area contributed by atoms with E-state index in [0.717, 1.165) is 11.3 Å². The molecule has 1 heterocycles. The second kappa shape index (κ2) is 5.37. The van der Waals surface area contributed by atoms with E-state index < -0.39 is 11.9 Å². The number of nitrogen functional groups attached to an aromatic ring is 1. The first kappa shape index (κ1) is 13.1. The lowest BCUT2D eigenvalue weighted by Gasteiger charge is -2.01. The smallest absolute Gasteiger partial charge is 0.348 e. The zero-order chi connectivity index (χ0) is 13.0. The Morgan fingerprint density at radius 3 is 2.65 bits per heavy atom. The molecule has 0 bridgehead atoms. The molecule has 0 aromatic carbocycles. The molecule has 6 heteroatoms. The van der Waals surface area contributed by atoms with Crippen LogP contribution in [0.3, 0.4) is 0 Å². The van der Waals surface area contributed by atoms with Crippen LogP contribution in [0.2, 0.25) is 0 Å². The summed E-state index contributed by atoms with van der Waals surface area (Å²) in [7, 11) is 1.26. The molecule has 0 atom stereocenters. The molecule has 90 valence electrons. The van der Waals surface area contributed by atoms with E-state index in [1.54, 1.807) is 6.92 Å². The number of carbonyl (C=O) groups excluding carboxylic acids is 2.